The van der Waals surface area contributed by atoms with Crippen molar-refractivity contribution in [2.24, 2.45) is 11.3 Å². The van der Waals surface area contributed by atoms with Gasteiger partial charge in [0.2, 0.25) is 0 Å². The van der Waals surface area contributed by atoms with Gasteiger partial charge in [-0.25, -0.2) is 0 Å². The standard InChI is InChI=1S/C10H19Br/c1-3-9(2)7-10(8-11)5-4-6-10/h9H,3-8H2,1-2H3. The first-order valence-electron chi connectivity index (χ1n) is 4.78. The van der Waals surface area contributed by atoms with Gasteiger partial charge in [-0.1, -0.05) is 42.6 Å². The maximum atomic E-state index is 3.64. The predicted molar refractivity (Wildman–Crippen MR) is 54.2 cm³/mol. The molecule has 0 radical (unpaired) electrons. The highest BCUT2D eigenvalue weighted by Gasteiger charge is 2.36. The highest BCUT2D eigenvalue weighted by molar-refractivity contribution is 9.09. The quantitative estimate of drug-likeness (QED) is 0.627. The lowest BCUT2D eigenvalue weighted by molar-refractivity contribution is 0.128. The first-order valence-corrected chi connectivity index (χ1v) is 5.90. The Balaban J connectivity index is 2.32. The average Bonchev–Trinajstić information content (AvgIpc) is 1.96. The summed E-state index contributed by atoms with van der Waals surface area (Å²) in [5, 5.41) is 1.23. The molecule has 0 bridgehead atoms. The van der Waals surface area contributed by atoms with Gasteiger partial charge in [-0.15, -0.1) is 0 Å². The van der Waals surface area contributed by atoms with Crippen molar-refractivity contribution in [1.82, 2.24) is 0 Å². The summed E-state index contributed by atoms with van der Waals surface area (Å²) in [4.78, 5) is 0. The number of alkyl halides is 1. The fourth-order valence-electron chi connectivity index (χ4n) is 1.95. The molecule has 11 heavy (non-hydrogen) atoms. The molecule has 0 N–H and O–H groups in total. The summed E-state index contributed by atoms with van der Waals surface area (Å²) in [6.45, 7) is 4.67. The molecule has 0 aromatic rings. The Morgan fingerprint density at radius 2 is 2.09 bits per heavy atom. The molecule has 0 amide bonds. The summed E-state index contributed by atoms with van der Waals surface area (Å²) in [5.74, 6) is 0.924. The summed E-state index contributed by atoms with van der Waals surface area (Å²) in [6.07, 6.45) is 7.16. The molecular weight excluding hydrogens is 200 g/mol. The van der Waals surface area contributed by atoms with Gasteiger partial charge in [-0.3, -0.25) is 0 Å². The normalized spacial score (nSPS) is 24.3. The summed E-state index contributed by atoms with van der Waals surface area (Å²) >= 11 is 3.64. The monoisotopic (exact) mass is 218 g/mol. The van der Waals surface area contributed by atoms with Crippen LogP contribution in [0.4, 0.5) is 0 Å². The summed E-state index contributed by atoms with van der Waals surface area (Å²) in [6, 6.07) is 0. The third-order valence-corrected chi connectivity index (χ3v) is 4.37. The lowest BCUT2D eigenvalue weighted by atomic mass is 9.65. The van der Waals surface area contributed by atoms with Gasteiger partial charge < -0.3 is 0 Å². The van der Waals surface area contributed by atoms with Crippen LogP contribution in [0.25, 0.3) is 0 Å². The number of hydrogen-bond donors (Lipinski definition) is 0. The SMILES string of the molecule is CCC(C)CC1(CBr)CCC1. The van der Waals surface area contributed by atoms with Crippen molar-refractivity contribution in [3.63, 3.8) is 0 Å². The lowest BCUT2D eigenvalue weighted by Crippen LogP contribution is -2.32. The van der Waals surface area contributed by atoms with Crippen LogP contribution < -0.4 is 0 Å². The fraction of sp³-hybridized carbons (Fsp3) is 1.00. The van der Waals surface area contributed by atoms with Gasteiger partial charge >= 0.3 is 0 Å². The van der Waals surface area contributed by atoms with E-state index in [0.717, 1.165) is 5.92 Å². The Hall–Kier alpha value is 0.480. The van der Waals surface area contributed by atoms with Crippen LogP contribution in [-0.2, 0) is 0 Å². The predicted octanol–water partition coefficient (Wildman–Crippen LogP) is 3.99. The van der Waals surface area contributed by atoms with Crippen LogP contribution in [0.15, 0.2) is 0 Å². The van der Waals surface area contributed by atoms with E-state index in [1.165, 1.54) is 37.4 Å². The van der Waals surface area contributed by atoms with E-state index < -0.39 is 0 Å². The molecular formula is C10H19Br. The first-order chi connectivity index (χ1) is 5.22. The minimum absolute atomic E-state index is 0.704. The van der Waals surface area contributed by atoms with Gasteiger partial charge in [0.1, 0.15) is 0 Å². The van der Waals surface area contributed by atoms with Crippen LogP contribution in [0, 0.1) is 11.3 Å². The molecule has 66 valence electrons. The van der Waals surface area contributed by atoms with E-state index in [1.54, 1.807) is 0 Å². The molecule has 0 nitrogen and oxygen atoms in total. The van der Waals surface area contributed by atoms with E-state index in [9.17, 15) is 0 Å². The van der Waals surface area contributed by atoms with Crippen molar-refractivity contribution in [3.05, 3.63) is 0 Å². The van der Waals surface area contributed by atoms with E-state index in [4.69, 9.17) is 0 Å². The molecule has 0 spiro atoms. The van der Waals surface area contributed by atoms with Crippen molar-refractivity contribution in [3.8, 4) is 0 Å². The van der Waals surface area contributed by atoms with E-state index in [2.05, 4.69) is 29.8 Å². The van der Waals surface area contributed by atoms with Crippen LogP contribution in [0.2, 0.25) is 0 Å². The molecule has 0 saturated heterocycles. The number of halogens is 1. The molecule has 1 saturated carbocycles. The maximum Gasteiger partial charge on any atom is 0.00880 e. The molecule has 1 rings (SSSR count). The minimum atomic E-state index is 0.704. The number of rotatable bonds is 4. The van der Waals surface area contributed by atoms with E-state index >= 15 is 0 Å². The number of hydrogen-bond acceptors (Lipinski definition) is 0. The molecule has 1 fully saturated rings. The zero-order valence-corrected chi connectivity index (χ0v) is 9.28. The Morgan fingerprint density at radius 3 is 2.36 bits per heavy atom. The molecule has 1 atom stereocenters. The van der Waals surface area contributed by atoms with Crippen molar-refractivity contribution in [2.45, 2.75) is 46.0 Å². The second-order valence-electron chi connectivity index (χ2n) is 4.20. The van der Waals surface area contributed by atoms with E-state index in [-0.39, 0.29) is 0 Å². The Morgan fingerprint density at radius 1 is 1.45 bits per heavy atom. The second kappa shape index (κ2) is 3.93. The van der Waals surface area contributed by atoms with Crippen molar-refractivity contribution < 1.29 is 0 Å². The van der Waals surface area contributed by atoms with E-state index in [1.807, 2.05) is 0 Å². The molecule has 1 aliphatic rings. The molecule has 0 heterocycles. The fourth-order valence-corrected chi connectivity index (χ4v) is 2.74. The van der Waals surface area contributed by atoms with Gasteiger partial charge in [0.25, 0.3) is 0 Å². The van der Waals surface area contributed by atoms with Gasteiger partial charge in [0, 0.05) is 5.33 Å². The largest absolute Gasteiger partial charge is 0.0922 e. The maximum absolute atomic E-state index is 3.64. The first kappa shape index (κ1) is 9.57. The molecule has 1 aliphatic carbocycles. The molecule has 0 aromatic heterocycles. The van der Waals surface area contributed by atoms with Crippen LogP contribution in [0.3, 0.4) is 0 Å². The molecule has 0 aromatic carbocycles. The topological polar surface area (TPSA) is 0 Å². The van der Waals surface area contributed by atoms with Crippen molar-refractivity contribution in [1.29, 1.82) is 0 Å². The third-order valence-electron chi connectivity index (χ3n) is 3.18. The third kappa shape index (κ3) is 2.21. The van der Waals surface area contributed by atoms with Gasteiger partial charge in [0.15, 0.2) is 0 Å². The molecule has 1 heteroatoms. The zero-order valence-electron chi connectivity index (χ0n) is 7.70. The van der Waals surface area contributed by atoms with Crippen LogP contribution in [0.1, 0.15) is 46.0 Å². The Labute approximate surface area is 78.9 Å². The lowest BCUT2D eigenvalue weighted by Gasteiger charge is -2.42. The molecule has 1 unspecified atom stereocenters. The van der Waals surface area contributed by atoms with E-state index in [0.29, 0.717) is 5.41 Å². The van der Waals surface area contributed by atoms with Crippen molar-refractivity contribution >= 4 is 15.9 Å². The Bertz CT molecular complexity index is 111. The summed E-state index contributed by atoms with van der Waals surface area (Å²) in [5.41, 5.74) is 0.704. The van der Waals surface area contributed by atoms with Crippen LogP contribution in [0.5, 0.6) is 0 Å². The van der Waals surface area contributed by atoms with Crippen molar-refractivity contribution in [2.75, 3.05) is 5.33 Å². The second-order valence-corrected chi connectivity index (χ2v) is 4.77. The highest BCUT2D eigenvalue weighted by Crippen LogP contribution is 2.47. The average molecular weight is 219 g/mol. The van der Waals surface area contributed by atoms with Gasteiger partial charge in [-0.2, -0.15) is 0 Å². The Kier molecular flexibility index (Phi) is 3.42. The van der Waals surface area contributed by atoms with Gasteiger partial charge in [0.05, 0.1) is 0 Å². The zero-order chi connectivity index (χ0) is 8.32. The van der Waals surface area contributed by atoms with Crippen LogP contribution >= 0.6 is 15.9 Å². The minimum Gasteiger partial charge on any atom is -0.0922 e. The molecule has 0 aliphatic heterocycles. The van der Waals surface area contributed by atoms with Gasteiger partial charge in [-0.05, 0) is 30.6 Å². The smallest absolute Gasteiger partial charge is 0.00880 e. The highest BCUT2D eigenvalue weighted by atomic mass is 79.9. The van der Waals surface area contributed by atoms with Crippen LogP contribution in [-0.4, -0.2) is 5.33 Å². The summed E-state index contributed by atoms with van der Waals surface area (Å²) < 4.78 is 0. The summed E-state index contributed by atoms with van der Waals surface area (Å²) in [7, 11) is 0.